The summed E-state index contributed by atoms with van der Waals surface area (Å²) < 4.78 is 24.4. The molecule has 0 aromatic heterocycles. The largest absolute Gasteiger partial charge is 0.480 e. The predicted molar refractivity (Wildman–Crippen MR) is 73.5 cm³/mol. The minimum Gasteiger partial charge on any atom is -0.480 e. The molecule has 0 aromatic carbocycles. The van der Waals surface area contributed by atoms with E-state index in [-0.39, 0.29) is 25.8 Å². The van der Waals surface area contributed by atoms with Crippen LogP contribution in [0.3, 0.4) is 0 Å². The van der Waals surface area contributed by atoms with Gasteiger partial charge in [-0.05, 0) is 19.3 Å². The zero-order chi connectivity index (χ0) is 16.0. The van der Waals surface area contributed by atoms with Gasteiger partial charge in [-0.3, -0.25) is 14.5 Å². The highest BCUT2D eigenvalue weighted by Crippen LogP contribution is 2.19. The van der Waals surface area contributed by atoms with Crippen LogP contribution in [0, 0.1) is 0 Å². The number of rotatable bonds is 9. The van der Waals surface area contributed by atoms with Crippen molar-refractivity contribution in [1.29, 1.82) is 0 Å². The lowest BCUT2D eigenvalue weighted by Crippen LogP contribution is -2.44. The Bertz CT molecular complexity index is 526. The summed E-state index contributed by atoms with van der Waals surface area (Å²) in [7, 11) is -3.49. The SMILES string of the molecule is C=CS(=O)(=O)NCCCCC(C(=O)O)N1C(=O)CCC1=O. The number of nitrogens with one attached hydrogen (secondary N) is 1. The molecule has 1 unspecified atom stereocenters. The summed E-state index contributed by atoms with van der Waals surface area (Å²) in [5.74, 6) is -2.18. The molecule has 0 radical (unpaired) electrons. The van der Waals surface area contributed by atoms with Crippen molar-refractivity contribution in [2.75, 3.05) is 6.54 Å². The average Bonchev–Trinajstić information content (AvgIpc) is 2.73. The molecular formula is C12H18N2O6S. The molecule has 1 fully saturated rings. The fraction of sp³-hybridized carbons (Fsp3) is 0.583. The molecule has 0 saturated carbocycles. The quantitative estimate of drug-likeness (QED) is 0.449. The second-order valence-corrected chi connectivity index (χ2v) is 6.33. The van der Waals surface area contributed by atoms with E-state index in [1.165, 1.54) is 0 Å². The summed E-state index contributed by atoms with van der Waals surface area (Å²) in [6, 6.07) is -1.18. The summed E-state index contributed by atoms with van der Waals surface area (Å²) in [5.41, 5.74) is 0. The van der Waals surface area contributed by atoms with Crippen molar-refractivity contribution >= 4 is 27.8 Å². The zero-order valence-electron chi connectivity index (χ0n) is 11.4. The van der Waals surface area contributed by atoms with Gasteiger partial charge in [-0.2, -0.15) is 0 Å². The first kappa shape index (κ1) is 17.3. The van der Waals surface area contributed by atoms with Gasteiger partial charge in [0.05, 0.1) is 0 Å². The van der Waals surface area contributed by atoms with Crippen molar-refractivity contribution in [3.8, 4) is 0 Å². The molecule has 1 saturated heterocycles. The van der Waals surface area contributed by atoms with Crippen LogP contribution in [0.25, 0.3) is 0 Å². The summed E-state index contributed by atoms with van der Waals surface area (Å²) in [4.78, 5) is 35.0. The first-order valence-electron chi connectivity index (χ1n) is 6.48. The smallest absolute Gasteiger partial charge is 0.326 e. The van der Waals surface area contributed by atoms with E-state index in [0.717, 1.165) is 10.3 Å². The lowest BCUT2D eigenvalue weighted by molar-refractivity contribution is -0.154. The summed E-state index contributed by atoms with van der Waals surface area (Å²) in [5, 5.41) is 9.91. The second kappa shape index (κ2) is 7.32. The number of carbonyl (C=O) groups is 3. The normalized spacial score (nSPS) is 17.0. The van der Waals surface area contributed by atoms with Gasteiger partial charge >= 0.3 is 5.97 Å². The van der Waals surface area contributed by atoms with Crippen LogP contribution in [0.4, 0.5) is 0 Å². The van der Waals surface area contributed by atoms with E-state index >= 15 is 0 Å². The van der Waals surface area contributed by atoms with Crippen molar-refractivity contribution in [2.24, 2.45) is 0 Å². The molecule has 0 bridgehead atoms. The number of nitrogens with zero attached hydrogens (tertiary/aromatic N) is 1. The van der Waals surface area contributed by atoms with Crippen molar-refractivity contribution in [1.82, 2.24) is 9.62 Å². The van der Waals surface area contributed by atoms with Crippen LogP contribution >= 0.6 is 0 Å². The molecule has 9 heteroatoms. The predicted octanol–water partition coefficient (Wildman–Crippen LogP) is -0.178. The van der Waals surface area contributed by atoms with E-state index in [0.29, 0.717) is 12.8 Å². The number of likely N-dealkylation sites (tertiary alicyclic amines) is 1. The number of aliphatic carboxylic acids is 1. The Morgan fingerprint density at radius 2 is 1.90 bits per heavy atom. The van der Waals surface area contributed by atoms with Crippen LogP contribution in [0.1, 0.15) is 32.1 Å². The molecule has 1 rings (SSSR count). The molecule has 1 aliphatic rings. The monoisotopic (exact) mass is 318 g/mol. The first-order valence-corrected chi connectivity index (χ1v) is 8.03. The number of hydrogen-bond donors (Lipinski definition) is 2. The number of imide groups is 1. The molecular weight excluding hydrogens is 300 g/mol. The Kier molecular flexibility index (Phi) is 6.03. The first-order chi connectivity index (χ1) is 9.78. The maximum absolute atomic E-state index is 11.5. The number of carbonyl (C=O) groups excluding carboxylic acids is 2. The van der Waals surface area contributed by atoms with Crippen molar-refractivity contribution < 1.29 is 27.9 Å². The highest BCUT2D eigenvalue weighted by atomic mass is 32.2. The number of sulfonamides is 1. The molecule has 2 N–H and O–H groups in total. The Balaban J connectivity index is 2.46. The molecule has 8 nitrogen and oxygen atoms in total. The second-order valence-electron chi connectivity index (χ2n) is 4.61. The third-order valence-corrected chi connectivity index (χ3v) is 4.16. The maximum atomic E-state index is 11.5. The highest BCUT2D eigenvalue weighted by molar-refractivity contribution is 7.92. The molecule has 2 amide bonds. The molecule has 1 heterocycles. The van der Waals surface area contributed by atoms with Gasteiger partial charge in [-0.15, -0.1) is 0 Å². The zero-order valence-corrected chi connectivity index (χ0v) is 12.3. The lowest BCUT2D eigenvalue weighted by Gasteiger charge is -2.22. The van der Waals surface area contributed by atoms with Crippen LogP contribution in [0.15, 0.2) is 12.0 Å². The van der Waals surface area contributed by atoms with Gasteiger partial charge < -0.3 is 5.11 Å². The van der Waals surface area contributed by atoms with Gasteiger partial charge in [0.1, 0.15) is 6.04 Å². The fourth-order valence-electron chi connectivity index (χ4n) is 2.04. The van der Waals surface area contributed by atoms with Gasteiger partial charge in [0.25, 0.3) is 0 Å². The summed E-state index contributed by atoms with van der Waals surface area (Å²) >= 11 is 0. The Morgan fingerprint density at radius 1 is 1.33 bits per heavy atom. The number of hydrogen-bond acceptors (Lipinski definition) is 5. The molecule has 1 aliphatic heterocycles. The van der Waals surface area contributed by atoms with E-state index in [1.807, 2.05) is 0 Å². The van der Waals surface area contributed by atoms with E-state index in [2.05, 4.69) is 11.3 Å². The molecule has 21 heavy (non-hydrogen) atoms. The average molecular weight is 318 g/mol. The number of carboxylic acids is 1. The third kappa shape index (κ3) is 4.94. The van der Waals surface area contributed by atoms with E-state index in [9.17, 15) is 22.8 Å². The van der Waals surface area contributed by atoms with Crippen molar-refractivity contribution in [3.63, 3.8) is 0 Å². The van der Waals surface area contributed by atoms with E-state index in [1.54, 1.807) is 0 Å². The molecule has 118 valence electrons. The molecule has 0 aromatic rings. The third-order valence-electron chi connectivity index (χ3n) is 3.11. The molecule has 0 spiro atoms. The van der Waals surface area contributed by atoms with Crippen LogP contribution in [-0.2, 0) is 24.4 Å². The van der Waals surface area contributed by atoms with Crippen molar-refractivity contribution in [3.05, 3.63) is 12.0 Å². The van der Waals surface area contributed by atoms with Crippen molar-refractivity contribution in [2.45, 2.75) is 38.1 Å². The fourth-order valence-corrected chi connectivity index (χ4v) is 2.59. The lowest BCUT2D eigenvalue weighted by atomic mass is 10.1. The maximum Gasteiger partial charge on any atom is 0.326 e. The molecule has 0 aliphatic carbocycles. The Morgan fingerprint density at radius 3 is 2.38 bits per heavy atom. The Labute approximate surface area is 122 Å². The van der Waals surface area contributed by atoms with Gasteiger partial charge in [-0.1, -0.05) is 6.58 Å². The number of unbranched alkanes of at least 4 members (excludes halogenated alkanes) is 1. The number of amides is 2. The summed E-state index contributed by atoms with van der Waals surface area (Å²) in [6.07, 6.45) is 0.951. The summed E-state index contributed by atoms with van der Waals surface area (Å²) in [6.45, 7) is 3.28. The van der Waals surface area contributed by atoms with Gasteiger partial charge in [0.15, 0.2) is 0 Å². The van der Waals surface area contributed by atoms with Gasteiger partial charge in [-0.25, -0.2) is 17.9 Å². The van der Waals surface area contributed by atoms with Gasteiger partial charge in [0.2, 0.25) is 21.8 Å². The van der Waals surface area contributed by atoms with Crippen LogP contribution in [0.2, 0.25) is 0 Å². The van der Waals surface area contributed by atoms with Crippen LogP contribution < -0.4 is 4.72 Å². The van der Waals surface area contributed by atoms with E-state index in [4.69, 9.17) is 5.11 Å². The Hall–Kier alpha value is -1.74. The number of carboxylic acid groups (broad SMARTS) is 1. The topological polar surface area (TPSA) is 121 Å². The highest BCUT2D eigenvalue weighted by Gasteiger charge is 2.38. The van der Waals surface area contributed by atoms with Crippen LogP contribution in [-0.4, -0.2) is 48.8 Å². The van der Waals surface area contributed by atoms with Gasteiger partial charge in [0, 0.05) is 24.8 Å². The van der Waals surface area contributed by atoms with Crippen LogP contribution in [0.5, 0.6) is 0 Å². The van der Waals surface area contributed by atoms with E-state index < -0.39 is 33.8 Å². The standard InChI is InChI=1S/C12H18N2O6S/c1-2-21(19,20)13-8-4-3-5-9(12(17)18)14-10(15)6-7-11(14)16/h2,9,13H,1,3-8H2,(H,17,18). The molecule has 1 atom stereocenters. The minimum absolute atomic E-state index is 0.0434. The minimum atomic E-state index is -3.49.